The Balaban J connectivity index is 2.33. The Morgan fingerprint density at radius 2 is 2.27 bits per heavy atom. The van der Waals surface area contributed by atoms with Gasteiger partial charge >= 0.3 is 0 Å². The van der Waals surface area contributed by atoms with Crippen molar-refractivity contribution < 1.29 is 9.18 Å². The lowest BCUT2D eigenvalue weighted by Crippen LogP contribution is -2.18. The average Bonchev–Trinajstić information content (AvgIpc) is 2.60. The van der Waals surface area contributed by atoms with Gasteiger partial charge < -0.3 is 5.32 Å². The van der Waals surface area contributed by atoms with E-state index in [2.05, 4.69) is 5.32 Å². The van der Waals surface area contributed by atoms with E-state index in [-0.39, 0.29) is 17.8 Å². The number of hydrogen-bond acceptors (Lipinski definition) is 1. The molecule has 1 aliphatic rings. The summed E-state index contributed by atoms with van der Waals surface area (Å²) in [6.07, 6.45) is 1.20. The molecule has 1 heterocycles. The molecule has 4 heteroatoms. The molecule has 2 nitrogen and oxygen atoms in total. The Bertz CT molecular complexity index is 396. The summed E-state index contributed by atoms with van der Waals surface area (Å²) in [5.41, 5.74) is 1.19. The lowest BCUT2D eigenvalue weighted by molar-refractivity contribution is -0.119. The molecule has 1 aromatic rings. The number of halogens is 2. The molecule has 0 bridgehead atoms. The molecule has 1 atom stereocenters. The highest BCUT2D eigenvalue weighted by atomic mass is 35.5. The van der Waals surface area contributed by atoms with E-state index in [1.54, 1.807) is 13.0 Å². The van der Waals surface area contributed by atoms with E-state index in [1.165, 1.54) is 6.07 Å². The summed E-state index contributed by atoms with van der Waals surface area (Å²) in [5, 5.41) is 3.19. The number of nitrogens with one attached hydrogen (secondary N) is 1. The molecular weight excluding hydrogens is 217 g/mol. The van der Waals surface area contributed by atoms with Crippen LogP contribution in [-0.2, 0) is 4.79 Å². The van der Waals surface area contributed by atoms with Crippen LogP contribution in [0.15, 0.2) is 12.1 Å². The van der Waals surface area contributed by atoms with Gasteiger partial charge in [-0.25, -0.2) is 4.39 Å². The Morgan fingerprint density at radius 3 is 2.80 bits per heavy atom. The Labute approximate surface area is 92.4 Å². The average molecular weight is 228 g/mol. The van der Waals surface area contributed by atoms with Crippen LogP contribution in [0.3, 0.4) is 0 Å². The summed E-state index contributed by atoms with van der Waals surface area (Å²) in [6, 6.07) is 3.07. The second-order valence-corrected chi connectivity index (χ2v) is 4.18. The molecule has 1 aromatic carbocycles. The fraction of sp³-hybridized carbons (Fsp3) is 0.364. The van der Waals surface area contributed by atoms with Gasteiger partial charge in [0, 0.05) is 17.0 Å². The fourth-order valence-electron chi connectivity index (χ4n) is 1.73. The third kappa shape index (κ3) is 1.97. The normalized spacial score (nSPS) is 20.5. The monoisotopic (exact) mass is 227 g/mol. The number of hydrogen-bond donors (Lipinski definition) is 1. The summed E-state index contributed by atoms with van der Waals surface area (Å²) in [5.74, 6) is -0.309. The second kappa shape index (κ2) is 3.81. The van der Waals surface area contributed by atoms with Crippen LogP contribution in [-0.4, -0.2) is 5.91 Å². The standard InChI is InChI=1S/C11H11ClFNO/c1-6-8(12)4-7(5-9(6)13)10-2-3-11(15)14-10/h4-5,10H,2-3H2,1H3,(H,14,15). The van der Waals surface area contributed by atoms with E-state index in [9.17, 15) is 9.18 Å². The molecule has 1 unspecified atom stereocenters. The van der Waals surface area contributed by atoms with Crippen LogP contribution in [0.25, 0.3) is 0 Å². The third-order valence-corrected chi connectivity index (χ3v) is 3.09. The second-order valence-electron chi connectivity index (χ2n) is 3.77. The molecule has 0 spiro atoms. The van der Waals surface area contributed by atoms with Gasteiger partial charge in [-0.05, 0) is 31.0 Å². The maximum atomic E-state index is 13.4. The quantitative estimate of drug-likeness (QED) is 0.785. The zero-order chi connectivity index (χ0) is 11.0. The lowest BCUT2D eigenvalue weighted by Gasteiger charge is -2.12. The molecule has 15 heavy (non-hydrogen) atoms. The van der Waals surface area contributed by atoms with Crippen LogP contribution in [0.4, 0.5) is 4.39 Å². The molecule has 0 aromatic heterocycles. The predicted octanol–water partition coefficient (Wildman–Crippen LogP) is 2.74. The van der Waals surface area contributed by atoms with E-state index in [1.807, 2.05) is 0 Å². The molecule has 2 rings (SSSR count). The van der Waals surface area contributed by atoms with E-state index >= 15 is 0 Å². The first-order chi connectivity index (χ1) is 7.08. The summed E-state index contributed by atoms with van der Waals surface area (Å²) < 4.78 is 13.4. The molecule has 1 aliphatic heterocycles. The summed E-state index contributed by atoms with van der Waals surface area (Å²) in [6.45, 7) is 1.63. The van der Waals surface area contributed by atoms with Crippen molar-refractivity contribution >= 4 is 17.5 Å². The van der Waals surface area contributed by atoms with Crippen molar-refractivity contribution in [2.45, 2.75) is 25.8 Å². The fourth-order valence-corrected chi connectivity index (χ4v) is 1.95. The van der Waals surface area contributed by atoms with Gasteiger partial charge in [0.1, 0.15) is 5.82 Å². The number of amides is 1. The Hall–Kier alpha value is -1.09. The van der Waals surface area contributed by atoms with E-state index in [0.29, 0.717) is 23.4 Å². The van der Waals surface area contributed by atoms with Crippen molar-refractivity contribution in [3.8, 4) is 0 Å². The molecule has 0 aliphatic carbocycles. The van der Waals surface area contributed by atoms with Gasteiger partial charge in [0.2, 0.25) is 5.91 Å². The van der Waals surface area contributed by atoms with Crippen LogP contribution in [0.5, 0.6) is 0 Å². The van der Waals surface area contributed by atoms with Crippen molar-refractivity contribution in [2.24, 2.45) is 0 Å². The van der Waals surface area contributed by atoms with Gasteiger partial charge in [0.05, 0.1) is 6.04 Å². The van der Waals surface area contributed by atoms with E-state index in [4.69, 9.17) is 11.6 Å². The molecule has 1 saturated heterocycles. The maximum Gasteiger partial charge on any atom is 0.220 e. The van der Waals surface area contributed by atoms with Crippen molar-refractivity contribution in [1.82, 2.24) is 5.32 Å². The largest absolute Gasteiger partial charge is 0.349 e. The minimum Gasteiger partial charge on any atom is -0.349 e. The lowest BCUT2D eigenvalue weighted by atomic mass is 10.0. The number of benzene rings is 1. The van der Waals surface area contributed by atoms with Crippen molar-refractivity contribution in [3.05, 3.63) is 34.1 Å². The van der Waals surface area contributed by atoms with Gasteiger partial charge in [-0.3, -0.25) is 4.79 Å². The van der Waals surface area contributed by atoms with Crippen molar-refractivity contribution in [1.29, 1.82) is 0 Å². The summed E-state index contributed by atoms with van der Waals surface area (Å²) in [7, 11) is 0. The molecule has 0 radical (unpaired) electrons. The Morgan fingerprint density at radius 1 is 1.53 bits per heavy atom. The minimum absolute atomic E-state index is 0.0112. The molecule has 1 fully saturated rings. The van der Waals surface area contributed by atoms with Crippen LogP contribution >= 0.6 is 11.6 Å². The number of carbonyl (C=O) groups excluding carboxylic acids is 1. The minimum atomic E-state index is -0.321. The summed E-state index contributed by atoms with van der Waals surface area (Å²) >= 11 is 5.88. The van der Waals surface area contributed by atoms with Gasteiger partial charge in [-0.15, -0.1) is 0 Å². The maximum absolute atomic E-state index is 13.4. The van der Waals surface area contributed by atoms with Gasteiger partial charge in [0.15, 0.2) is 0 Å². The van der Waals surface area contributed by atoms with Gasteiger partial charge in [-0.1, -0.05) is 11.6 Å². The zero-order valence-electron chi connectivity index (χ0n) is 8.31. The van der Waals surface area contributed by atoms with Gasteiger partial charge in [-0.2, -0.15) is 0 Å². The third-order valence-electron chi connectivity index (χ3n) is 2.70. The topological polar surface area (TPSA) is 29.1 Å². The van der Waals surface area contributed by atoms with Crippen molar-refractivity contribution in [3.63, 3.8) is 0 Å². The number of rotatable bonds is 1. The van der Waals surface area contributed by atoms with Crippen LogP contribution in [0, 0.1) is 12.7 Å². The zero-order valence-corrected chi connectivity index (χ0v) is 9.07. The van der Waals surface area contributed by atoms with Crippen LogP contribution in [0.1, 0.15) is 30.0 Å². The van der Waals surface area contributed by atoms with Crippen LogP contribution in [0.2, 0.25) is 5.02 Å². The number of carbonyl (C=O) groups is 1. The Kier molecular flexibility index (Phi) is 2.65. The predicted molar refractivity (Wildman–Crippen MR) is 56.3 cm³/mol. The SMILES string of the molecule is Cc1c(F)cc(C2CCC(=O)N2)cc1Cl. The molecule has 1 N–H and O–H groups in total. The highest BCUT2D eigenvalue weighted by molar-refractivity contribution is 6.31. The van der Waals surface area contributed by atoms with Crippen molar-refractivity contribution in [2.75, 3.05) is 0 Å². The van der Waals surface area contributed by atoms with E-state index in [0.717, 1.165) is 5.56 Å². The first-order valence-electron chi connectivity index (χ1n) is 4.83. The molecule has 0 saturated carbocycles. The molecular formula is C11H11ClFNO. The highest BCUT2D eigenvalue weighted by Gasteiger charge is 2.23. The first-order valence-corrected chi connectivity index (χ1v) is 5.20. The first kappa shape index (κ1) is 10.4. The van der Waals surface area contributed by atoms with E-state index < -0.39 is 0 Å². The van der Waals surface area contributed by atoms with Crippen LogP contribution < -0.4 is 5.32 Å². The summed E-state index contributed by atoms with van der Waals surface area (Å²) in [4.78, 5) is 11.0. The molecule has 80 valence electrons. The molecule has 1 amide bonds. The van der Waals surface area contributed by atoms with Gasteiger partial charge in [0.25, 0.3) is 0 Å². The highest BCUT2D eigenvalue weighted by Crippen LogP contribution is 2.28. The smallest absolute Gasteiger partial charge is 0.220 e.